The van der Waals surface area contributed by atoms with Crippen LogP contribution in [0.25, 0.3) is 0 Å². The molecule has 1 saturated heterocycles. The molecule has 1 heterocycles. The van der Waals surface area contributed by atoms with E-state index in [-0.39, 0.29) is 17.9 Å². The predicted octanol–water partition coefficient (Wildman–Crippen LogP) is 0.595. The van der Waals surface area contributed by atoms with Crippen LogP contribution in [0.4, 0.5) is 5.69 Å². The van der Waals surface area contributed by atoms with Crippen molar-refractivity contribution in [2.24, 2.45) is 11.0 Å². The molecule has 1 aliphatic heterocycles. The summed E-state index contributed by atoms with van der Waals surface area (Å²) in [6.45, 7) is 0. The second kappa shape index (κ2) is 5.24. The summed E-state index contributed by atoms with van der Waals surface area (Å²) in [5.41, 5.74) is 9.23. The monoisotopic (exact) mass is 282 g/mol. The first kappa shape index (κ1) is 13.1. The fraction of sp³-hybridized carbons (Fsp3) is 0.133. The Bertz CT molecular complexity index is 691. The van der Waals surface area contributed by atoms with E-state index in [4.69, 9.17) is 5.73 Å². The summed E-state index contributed by atoms with van der Waals surface area (Å²) in [7, 11) is 0. The molecule has 2 atom stereocenters. The van der Waals surface area contributed by atoms with E-state index in [2.05, 4.69) is 15.8 Å². The minimum absolute atomic E-state index is 0.0921. The maximum Gasteiger partial charge on any atom is 0.271 e. The van der Waals surface area contributed by atoms with Gasteiger partial charge in [0.05, 0.1) is 12.0 Å². The van der Waals surface area contributed by atoms with Crippen LogP contribution in [-0.2, 0) is 4.79 Å². The molecule has 0 unspecified atom stereocenters. The van der Waals surface area contributed by atoms with Crippen LogP contribution >= 0.6 is 0 Å². The number of hydrazone groups is 1. The molecule has 21 heavy (non-hydrogen) atoms. The highest BCUT2D eigenvalue weighted by molar-refractivity contribution is 6.42. The number of nitrogens with two attached hydrogens (primary N) is 1. The van der Waals surface area contributed by atoms with Gasteiger partial charge in [0.15, 0.2) is 0 Å². The molecule has 0 radical (unpaired) electrons. The Morgan fingerprint density at radius 1 is 1.29 bits per heavy atom. The van der Waals surface area contributed by atoms with E-state index < -0.39 is 5.91 Å². The van der Waals surface area contributed by atoms with Crippen LogP contribution in [-0.4, -0.2) is 23.6 Å². The van der Waals surface area contributed by atoms with Crippen LogP contribution in [0.5, 0.6) is 0 Å². The van der Waals surface area contributed by atoms with Gasteiger partial charge in [-0.05, 0) is 18.2 Å². The molecule has 3 rings (SSSR count). The van der Waals surface area contributed by atoms with Gasteiger partial charge in [-0.1, -0.05) is 30.4 Å². The summed E-state index contributed by atoms with van der Waals surface area (Å²) in [6.07, 6.45) is 7.51. The third-order valence-corrected chi connectivity index (χ3v) is 3.41. The highest BCUT2D eigenvalue weighted by atomic mass is 16.2. The third kappa shape index (κ3) is 2.55. The minimum atomic E-state index is -0.401. The van der Waals surface area contributed by atoms with Crippen LogP contribution in [0.3, 0.4) is 0 Å². The number of nitrogens with zero attached hydrogens (tertiary/aromatic N) is 1. The number of benzene rings is 1. The zero-order chi connectivity index (χ0) is 14.8. The van der Waals surface area contributed by atoms with Gasteiger partial charge in [0, 0.05) is 11.3 Å². The average molecular weight is 282 g/mol. The largest absolute Gasteiger partial charge is 0.399 e. The molecule has 0 aromatic heterocycles. The molecule has 0 bridgehead atoms. The van der Waals surface area contributed by atoms with Crippen LogP contribution in [0, 0.1) is 5.92 Å². The number of amides is 2. The smallest absolute Gasteiger partial charge is 0.271 e. The van der Waals surface area contributed by atoms with Gasteiger partial charge < -0.3 is 11.1 Å². The van der Waals surface area contributed by atoms with E-state index in [9.17, 15) is 9.59 Å². The first-order valence-corrected chi connectivity index (χ1v) is 6.54. The summed E-state index contributed by atoms with van der Waals surface area (Å²) in [5.74, 6) is -0.820. The molecule has 2 amide bonds. The number of hydrogen-bond donors (Lipinski definition) is 3. The molecule has 6 nitrogen and oxygen atoms in total. The van der Waals surface area contributed by atoms with Crippen LogP contribution < -0.4 is 16.5 Å². The molecular formula is C15H14N4O2. The first-order valence-electron chi connectivity index (χ1n) is 6.54. The lowest BCUT2D eigenvalue weighted by Gasteiger charge is -2.13. The first-order chi connectivity index (χ1) is 10.1. The topological polar surface area (TPSA) is 96.6 Å². The number of nitrogen functional groups attached to an aromatic ring is 1. The number of anilines is 1. The standard InChI is InChI=1S/C15H14N4O2/c16-10-5-3-4-9(8-10)14(20)19-18-13-11-6-1-2-7-12(11)17-15(13)21/h1-8,11-12H,16H2,(H,17,21)(H,19,20)/b18-13+/t11-,12-/m0/s1. The Morgan fingerprint density at radius 2 is 2.10 bits per heavy atom. The normalized spacial score (nSPS) is 24.8. The summed E-state index contributed by atoms with van der Waals surface area (Å²) < 4.78 is 0. The number of allylic oxidation sites excluding steroid dienone is 2. The molecule has 0 saturated carbocycles. The minimum Gasteiger partial charge on any atom is -0.399 e. The highest BCUT2D eigenvalue weighted by Crippen LogP contribution is 2.20. The van der Waals surface area contributed by atoms with Gasteiger partial charge in [-0.25, -0.2) is 5.43 Å². The molecule has 1 fully saturated rings. The molecule has 0 spiro atoms. The quantitative estimate of drug-likeness (QED) is 0.547. The second-order valence-corrected chi connectivity index (χ2v) is 4.86. The molecular weight excluding hydrogens is 268 g/mol. The van der Waals surface area contributed by atoms with Crippen molar-refractivity contribution in [2.45, 2.75) is 6.04 Å². The third-order valence-electron chi connectivity index (χ3n) is 3.41. The molecule has 2 aliphatic rings. The second-order valence-electron chi connectivity index (χ2n) is 4.86. The maximum atomic E-state index is 12.0. The van der Waals surface area contributed by atoms with Crippen molar-refractivity contribution in [3.63, 3.8) is 0 Å². The molecule has 106 valence electrons. The molecule has 1 aliphatic carbocycles. The number of carbonyl (C=O) groups excluding carboxylic acids is 2. The van der Waals surface area contributed by atoms with E-state index in [1.54, 1.807) is 24.3 Å². The van der Waals surface area contributed by atoms with Crippen molar-refractivity contribution in [1.82, 2.24) is 10.7 Å². The Kier molecular flexibility index (Phi) is 3.27. The van der Waals surface area contributed by atoms with Gasteiger partial charge in [-0.2, -0.15) is 5.10 Å². The van der Waals surface area contributed by atoms with Gasteiger partial charge in [-0.15, -0.1) is 0 Å². The molecule has 6 heteroatoms. The number of fused-ring (bicyclic) bond motifs is 1. The highest BCUT2D eigenvalue weighted by Gasteiger charge is 2.37. The predicted molar refractivity (Wildman–Crippen MR) is 79.5 cm³/mol. The fourth-order valence-electron chi connectivity index (χ4n) is 2.36. The number of rotatable bonds is 2. The Labute approximate surface area is 121 Å². The van der Waals surface area contributed by atoms with E-state index >= 15 is 0 Å². The lowest BCUT2D eigenvalue weighted by atomic mass is 9.95. The summed E-state index contributed by atoms with van der Waals surface area (Å²) in [5, 5.41) is 6.77. The average Bonchev–Trinajstić information content (AvgIpc) is 2.80. The molecule has 1 aromatic rings. The van der Waals surface area contributed by atoms with Crippen LogP contribution in [0.15, 0.2) is 53.7 Å². The Hall–Kier alpha value is -2.89. The zero-order valence-corrected chi connectivity index (χ0v) is 11.1. The van der Waals surface area contributed by atoms with Crippen molar-refractivity contribution in [1.29, 1.82) is 0 Å². The Morgan fingerprint density at radius 3 is 2.90 bits per heavy atom. The van der Waals surface area contributed by atoms with Crippen molar-refractivity contribution >= 4 is 23.2 Å². The fourth-order valence-corrected chi connectivity index (χ4v) is 2.36. The van der Waals surface area contributed by atoms with Crippen molar-refractivity contribution < 1.29 is 9.59 Å². The van der Waals surface area contributed by atoms with Gasteiger partial charge in [0.1, 0.15) is 5.71 Å². The van der Waals surface area contributed by atoms with Gasteiger partial charge in [-0.3, -0.25) is 9.59 Å². The lowest BCUT2D eigenvalue weighted by molar-refractivity contribution is -0.114. The summed E-state index contributed by atoms with van der Waals surface area (Å²) in [4.78, 5) is 23.8. The number of nitrogens with one attached hydrogen (secondary N) is 2. The van der Waals surface area contributed by atoms with Crippen molar-refractivity contribution in [2.75, 3.05) is 5.73 Å². The van der Waals surface area contributed by atoms with E-state index in [1.807, 2.05) is 24.3 Å². The van der Waals surface area contributed by atoms with Crippen LogP contribution in [0.1, 0.15) is 10.4 Å². The Balaban J connectivity index is 1.76. The number of carbonyl (C=O) groups is 2. The van der Waals surface area contributed by atoms with Crippen molar-refractivity contribution in [3.8, 4) is 0 Å². The molecule has 1 aromatic carbocycles. The molecule has 4 N–H and O–H groups in total. The van der Waals surface area contributed by atoms with Crippen LogP contribution in [0.2, 0.25) is 0 Å². The van der Waals surface area contributed by atoms with Gasteiger partial charge >= 0.3 is 0 Å². The lowest BCUT2D eigenvalue weighted by Crippen LogP contribution is -2.26. The maximum absolute atomic E-state index is 12.0. The van der Waals surface area contributed by atoms with Crippen molar-refractivity contribution in [3.05, 3.63) is 54.1 Å². The SMILES string of the molecule is Nc1cccc(C(=O)N/N=C2/C(=O)N[C@H]3C=CC=C[C@H]23)c1. The summed E-state index contributed by atoms with van der Waals surface area (Å²) in [6, 6.07) is 6.47. The summed E-state index contributed by atoms with van der Waals surface area (Å²) >= 11 is 0. The van der Waals surface area contributed by atoms with Gasteiger partial charge in [0.2, 0.25) is 0 Å². The van der Waals surface area contributed by atoms with E-state index in [1.165, 1.54) is 0 Å². The van der Waals surface area contributed by atoms with Gasteiger partial charge in [0.25, 0.3) is 11.8 Å². The number of hydrogen-bond acceptors (Lipinski definition) is 4. The van der Waals surface area contributed by atoms with E-state index in [0.717, 1.165) is 0 Å². The van der Waals surface area contributed by atoms with E-state index in [0.29, 0.717) is 17.0 Å². The zero-order valence-electron chi connectivity index (χ0n) is 11.1.